The maximum absolute atomic E-state index is 10.8. The van der Waals surface area contributed by atoms with Crippen LogP contribution < -0.4 is 14.8 Å². The number of carboxylic acids is 1. The number of halogens is 1. The fourth-order valence-corrected chi connectivity index (χ4v) is 3.35. The topological polar surface area (TPSA) is 67.8 Å². The molecule has 2 atom stereocenters. The summed E-state index contributed by atoms with van der Waals surface area (Å²) in [5, 5.41) is 11.9. The van der Waals surface area contributed by atoms with Crippen LogP contribution in [-0.4, -0.2) is 41.5 Å². The molecule has 0 aliphatic carbocycles. The van der Waals surface area contributed by atoms with E-state index < -0.39 is 12.0 Å². The monoisotopic (exact) mass is 361 g/mol. The standard InChI is InChI=1S/C13H16BrNO4S/c1-2-18-8-3-4-11(9(14)5-8)19-6-12-15-10(7-20-12)13(16)17/h3-5,10,12,15H,2,6-7H2,1H3,(H,16,17). The predicted octanol–water partition coefficient (Wildman–Crippen LogP) is 2.34. The molecule has 0 radical (unpaired) electrons. The van der Waals surface area contributed by atoms with E-state index in [0.717, 1.165) is 16.0 Å². The molecule has 2 unspecified atom stereocenters. The van der Waals surface area contributed by atoms with Gasteiger partial charge in [-0.3, -0.25) is 10.1 Å². The number of aliphatic carboxylic acids is 1. The summed E-state index contributed by atoms with van der Waals surface area (Å²) in [6.45, 7) is 2.97. The molecule has 0 amide bonds. The highest BCUT2D eigenvalue weighted by Gasteiger charge is 2.29. The Kier molecular flexibility index (Phi) is 5.56. The van der Waals surface area contributed by atoms with Gasteiger partial charge in [0.2, 0.25) is 0 Å². The Hall–Kier alpha value is -0.920. The Labute approximate surface area is 130 Å². The third-order valence-electron chi connectivity index (χ3n) is 2.75. The molecule has 0 saturated carbocycles. The van der Waals surface area contributed by atoms with Gasteiger partial charge in [-0.15, -0.1) is 11.8 Å². The van der Waals surface area contributed by atoms with Gasteiger partial charge in [0, 0.05) is 5.75 Å². The molecule has 110 valence electrons. The lowest BCUT2D eigenvalue weighted by Gasteiger charge is -2.14. The van der Waals surface area contributed by atoms with E-state index in [0.29, 0.717) is 19.0 Å². The van der Waals surface area contributed by atoms with E-state index in [1.54, 1.807) is 11.8 Å². The fourth-order valence-electron chi connectivity index (χ4n) is 1.79. The second-order valence-corrected chi connectivity index (χ2v) is 6.31. The van der Waals surface area contributed by atoms with Crippen molar-refractivity contribution < 1.29 is 19.4 Å². The summed E-state index contributed by atoms with van der Waals surface area (Å²) in [5.41, 5.74) is 0. The van der Waals surface area contributed by atoms with Gasteiger partial charge in [0.15, 0.2) is 0 Å². The lowest BCUT2D eigenvalue weighted by atomic mass is 10.3. The van der Waals surface area contributed by atoms with Crippen LogP contribution in [0.2, 0.25) is 0 Å². The lowest BCUT2D eigenvalue weighted by molar-refractivity contribution is -0.138. The fraction of sp³-hybridized carbons (Fsp3) is 0.462. The summed E-state index contributed by atoms with van der Waals surface area (Å²) in [4.78, 5) is 10.8. The minimum absolute atomic E-state index is 0.00503. The van der Waals surface area contributed by atoms with Crippen molar-refractivity contribution in [1.29, 1.82) is 0 Å². The number of hydrogen-bond acceptors (Lipinski definition) is 5. The number of carbonyl (C=O) groups is 1. The average molecular weight is 362 g/mol. The molecule has 7 heteroatoms. The molecule has 1 fully saturated rings. The molecule has 2 N–H and O–H groups in total. The number of ether oxygens (including phenoxy) is 2. The molecule has 2 rings (SSSR count). The van der Waals surface area contributed by atoms with Gasteiger partial charge in [-0.1, -0.05) is 0 Å². The van der Waals surface area contributed by atoms with Crippen LogP contribution in [0.1, 0.15) is 6.92 Å². The van der Waals surface area contributed by atoms with Gasteiger partial charge in [-0.05, 0) is 41.1 Å². The van der Waals surface area contributed by atoms with E-state index >= 15 is 0 Å². The van der Waals surface area contributed by atoms with Crippen molar-refractivity contribution in [2.75, 3.05) is 19.0 Å². The number of rotatable bonds is 6. The normalized spacial score (nSPS) is 21.7. The summed E-state index contributed by atoms with van der Waals surface area (Å²) in [6, 6.07) is 5.05. The van der Waals surface area contributed by atoms with Crippen LogP contribution >= 0.6 is 27.7 Å². The second kappa shape index (κ2) is 7.19. The predicted molar refractivity (Wildman–Crippen MR) is 81.6 cm³/mol. The molecule has 0 spiro atoms. The van der Waals surface area contributed by atoms with Crippen LogP contribution in [0.5, 0.6) is 11.5 Å². The second-order valence-electron chi connectivity index (χ2n) is 4.22. The minimum Gasteiger partial charge on any atom is -0.494 e. The smallest absolute Gasteiger partial charge is 0.321 e. The number of carboxylic acid groups (broad SMARTS) is 1. The molecule has 5 nitrogen and oxygen atoms in total. The van der Waals surface area contributed by atoms with E-state index in [4.69, 9.17) is 14.6 Å². The van der Waals surface area contributed by atoms with Gasteiger partial charge in [0.25, 0.3) is 0 Å². The highest BCUT2D eigenvalue weighted by Crippen LogP contribution is 2.30. The van der Waals surface area contributed by atoms with Crippen LogP contribution in [0.3, 0.4) is 0 Å². The quantitative estimate of drug-likeness (QED) is 0.810. The number of thioether (sulfide) groups is 1. The molecule has 20 heavy (non-hydrogen) atoms. The van der Waals surface area contributed by atoms with Gasteiger partial charge in [-0.2, -0.15) is 0 Å². The molecule has 1 heterocycles. The van der Waals surface area contributed by atoms with E-state index in [-0.39, 0.29) is 5.37 Å². The SMILES string of the molecule is CCOc1ccc(OCC2NC(C(=O)O)CS2)c(Br)c1. The van der Waals surface area contributed by atoms with Crippen molar-refractivity contribution in [3.05, 3.63) is 22.7 Å². The largest absolute Gasteiger partial charge is 0.494 e. The highest BCUT2D eigenvalue weighted by atomic mass is 79.9. The molecule has 1 saturated heterocycles. The van der Waals surface area contributed by atoms with Crippen LogP contribution in [0.4, 0.5) is 0 Å². The summed E-state index contributed by atoms with van der Waals surface area (Å²) in [7, 11) is 0. The van der Waals surface area contributed by atoms with Crippen molar-refractivity contribution in [3.8, 4) is 11.5 Å². The molecule has 1 aliphatic heterocycles. The van der Waals surface area contributed by atoms with E-state index in [1.807, 2.05) is 25.1 Å². The van der Waals surface area contributed by atoms with Crippen LogP contribution in [0.15, 0.2) is 22.7 Å². The Morgan fingerprint density at radius 3 is 2.95 bits per heavy atom. The molecule has 0 aromatic heterocycles. The zero-order valence-electron chi connectivity index (χ0n) is 11.0. The first-order valence-electron chi connectivity index (χ1n) is 6.25. The molecule has 0 bridgehead atoms. The Bertz CT molecular complexity index is 485. The third-order valence-corrected chi connectivity index (χ3v) is 4.57. The Morgan fingerprint density at radius 1 is 1.55 bits per heavy atom. The zero-order valence-corrected chi connectivity index (χ0v) is 13.4. The van der Waals surface area contributed by atoms with Crippen LogP contribution in [0.25, 0.3) is 0 Å². The number of hydrogen-bond donors (Lipinski definition) is 2. The van der Waals surface area contributed by atoms with Crippen molar-refractivity contribution >= 4 is 33.7 Å². The molecule has 1 aromatic rings. The van der Waals surface area contributed by atoms with Crippen molar-refractivity contribution in [2.45, 2.75) is 18.3 Å². The molecule has 1 aromatic carbocycles. The Morgan fingerprint density at radius 2 is 2.35 bits per heavy atom. The maximum atomic E-state index is 10.8. The van der Waals surface area contributed by atoms with E-state index in [2.05, 4.69) is 21.2 Å². The first-order chi connectivity index (χ1) is 9.60. The molecule has 1 aliphatic rings. The summed E-state index contributed by atoms with van der Waals surface area (Å²) >= 11 is 4.99. The van der Waals surface area contributed by atoms with E-state index in [9.17, 15) is 4.79 Å². The van der Waals surface area contributed by atoms with E-state index in [1.165, 1.54) is 0 Å². The summed E-state index contributed by atoms with van der Waals surface area (Å²) in [5.74, 6) is 1.25. The Balaban J connectivity index is 1.87. The molecular weight excluding hydrogens is 346 g/mol. The van der Waals surface area contributed by atoms with Crippen LogP contribution in [-0.2, 0) is 4.79 Å². The molecular formula is C13H16BrNO4S. The lowest BCUT2D eigenvalue weighted by Crippen LogP contribution is -2.38. The number of benzene rings is 1. The van der Waals surface area contributed by atoms with Gasteiger partial charge in [0.05, 0.1) is 16.5 Å². The summed E-state index contributed by atoms with van der Waals surface area (Å²) in [6.07, 6.45) is 0. The first-order valence-corrected chi connectivity index (χ1v) is 8.10. The van der Waals surface area contributed by atoms with Crippen molar-refractivity contribution in [2.24, 2.45) is 0 Å². The van der Waals surface area contributed by atoms with Gasteiger partial charge in [0.1, 0.15) is 24.1 Å². The van der Waals surface area contributed by atoms with Crippen molar-refractivity contribution in [1.82, 2.24) is 5.32 Å². The first kappa shape index (κ1) is 15.5. The number of nitrogens with one attached hydrogen (secondary N) is 1. The highest BCUT2D eigenvalue weighted by molar-refractivity contribution is 9.10. The van der Waals surface area contributed by atoms with Crippen molar-refractivity contribution in [3.63, 3.8) is 0 Å². The van der Waals surface area contributed by atoms with Crippen LogP contribution in [0, 0.1) is 0 Å². The van der Waals surface area contributed by atoms with Gasteiger partial charge in [-0.25, -0.2) is 0 Å². The van der Waals surface area contributed by atoms with Gasteiger partial charge >= 0.3 is 5.97 Å². The maximum Gasteiger partial charge on any atom is 0.321 e. The summed E-state index contributed by atoms with van der Waals surface area (Å²) < 4.78 is 11.9. The minimum atomic E-state index is -0.817. The zero-order chi connectivity index (χ0) is 14.5. The third kappa shape index (κ3) is 4.04. The van der Waals surface area contributed by atoms with Gasteiger partial charge < -0.3 is 14.6 Å². The average Bonchev–Trinajstić information content (AvgIpc) is 2.87.